The number of halogens is 3. The Hall–Kier alpha value is -2.33. The zero-order valence-corrected chi connectivity index (χ0v) is 17.8. The van der Waals surface area contributed by atoms with Gasteiger partial charge in [-0.3, -0.25) is 9.58 Å². The first-order valence-corrected chi connectivity index (χ1v) is 10.6. The largest absolute Gasteiger partial charge is 0.573 e. The van der Waals surface area contributed by atoms with Crippen LogP contribution in [0.4, 0.5) is 19.0 Å². The van der Waals surface area contributed by atoms with Crippen molar-refractivity contribution in [3.8, 4) is 17.0 Å². The SMILES string of the molecule is CC(C)n1nc(-c2cnc(N)c(OC(F)(F)F)c2)cc1C1C2CN(C3CN(C)C3)CC21. The molecule has 2 unspecified atom stereocenters. The second-order valence-corrected chi connectivity index (χ2v) is 9.33. The van der Waals surface area contributed by atoms with E-state index in [0.29, 0.717) is 35.1 Å². The number of alkyl halides is 3. The van der Waals surface area contributed by atoms with Crippen molar-refractivity contribution >= 4 is 5.82 Å². The Labute approximate surface area is 179 Å². The molecule has 2 aromatic heterocycles. The van der Waals surface area contributed by atoms with Gasteiger partial charge in [0.05, 0.1) is 5.69 Å². The maximum absolute atomic E-state index is 12.7. The molecule has 2 saturated heterocycles. The molecule has 0 spiro atoms. The van der Waals surface area contributed by atoms with Crippen molar-refractivity contribution in [2.24, 2.45) is 11.8 Å². The van der Waals surface area contributed by atoms with Crippen molar-refractivity contribution in [2.45, 2.75) is 38.2 Å². The third-order valence-electron chi connectivity index (χ3n) is 6.78. The number of hydrogen-bond acceptors (Lipinski definition) is 6. The molecule has 5 rings (SSSR count). The zero-order valence-electron chi connectivity index (χ0n) is 17.8. The summed E-state index contributed by atoms with van der Waals surface area (Å²) in [4.78, 5) is 8.83. The van der Waals surface area contributed by atoms with Gasteiger partial charge in [0.15, 0.2) is 11.6 Å². The number of likely N-dealkylation sites (N-methyl/N-ethyl adjacent to an activating group) is 1. The van der Waals surface area contributed by atoms with Crippen LogP contribution >= 0.6 is 0 Å². The van der Waals surface area contributed by atoms with Crippen LogP contribution < -0.4 is 10.5 Å². The fraction of sp³-hybridized carbons (Fsp3) is 0.619. The molecule has 0 radical (unpaired) electrons. The number of anilines is 1. The summed E-state index contributed by atoms with van der Waals surface area (Å²) in [5.74, 6) is 0.895. The molecular weight excluding hydrogens is 409 g/mol. The van der Waals surface area contributed by atoms with Crippen molar-refractivity contribution in [1.29, 1.82) is 0 Å². The first-order valence-electron chi connectivity index (χ1n) is 10.6. The van der Waals surface area contributed by atoms with Crippen molar-refractivity contribution in [3.05, 3.63) is 24.0 Å². The minimum Gasteiger partial charge on any atom is -0.402 e. The van der Waals surface area contributed by atoms with E-state index in [9.17, 15) is 13.2 Å². The molecule has 3 fully saturated rings. The van der Waals surface area contributed by atoms with Gasteiger partial charge in [-0.15, -0.1) is 13.2 Å². The van der Waals surface area contributed by atoms with E-state index in [2.05, 4.69) is 40.4 Å². The molecule has 1 aliphatic carbocycles. The fourth-order valence-electron chi connectivity index (χ4n) is 5.21. The molecule has 31 heavy (non-hydrogen) atoms. The summed E-state index contributed by atoms with van der Waals surface area (Å²) in [7, 11) is 2.15. The number of piperidine rings is 1. The summed E-state index contributed by atoms with van der Waals surface area (Å²) >= 11 is 0. The predicted octanol–water partition coefficient (Wildman–Crippen LogP) is 2.97. The molecule has 3 aliphatic rings. The van der Waals surface area contributed by atoms with E-state index < -0.39 is 12.1 Å². The van der Waals surface area contributed by atoms with Gasteiger partial charge in [-0.1, -0.05) is 0 Å². The van der Waals surface area contributed by atoms with Crippen molar-refractivity contribution in [2.75, 3.05) is 39.0 Å². The molecule has 2 atom stereocenters. The summed E-state index contributed by atoms with van der Waals surface area (Å²) in [6.07, 6.45) is -3.39. The highest BCUT2D eigenvalue weighted by atomic mass is 19.4. The van der Waals surface area contributed by atoms with Crippen LogP contribution in [0.25, 0.3) is 11.3 Å². The summed E-state index contributed by atoms with van der Waals surface area (Å²) in [5.41, 5.74) is 7.77. The molecule has 0 aromatic carbocycles. The number of fused-ring (bicyclic) bond motifs is 1. The topological polar surface area (TPSA) is 72.4 Å². The molecular formula is C21H27F3N6O. The third kappa shape index (κ3) is 3.76. The Bertz CT molecular complexity index is 972. The first kappa shape index (κ1) is 20.6. The van der Waals surface area contributed by atoms with Gasteiger partial charge < -0.3 is 15.4 Å². The molecule has 0 amide bonds. The average molecular weight is 436 g/mol. The van der Waals surface area contributed by atoms with Gasteiger partial charge in [0, 0.05) is 61.6 Å². The average Bonchev–Trinajstić information content (AvgIpc) is 3.03. The summed E-state index contributed by atoms with van der Waals surface area (Å²) in [5, 5.41) is 4.71. The van der Waals surface area contributed by atoms with Crippen molar-refractivity contribution in [3.63, 3.8) is 0 Å². The van der Waals surface area contributed by atoms with E-state index in [0.717, 1.165) is 31.9 Å². The minimum atomic E-state index is -4.83. The van der Waals surface area contributed by atoms with Crippen LogP contribution in [-0.2, 0) is 0 Å². The number of nitrogens with two attached hydrogens (primary N) is 1. The number of pyridine rings is 1. The number of nitrogen functional groups attached to an aromatic ring is 1. The highest BCUT2D eigenvalue weighted by Gasteiger charge is 2.59. The van der Waals surface area contributed by atoms with Crippen molar-refractivity contribution in [1.82, 2.24) is 24.6 Å². The maximum atomic E-state index is 12.7. The van der Waals surface area contributed by atoms with Crippen LogP contribution in [0, 0.1) is 11.8 Å². The van der Waals surface area contributed by atoms with Crippen LogP contribution in [0.2, 0.25) is 0 Å². The molecule has 4 heterocycles. The van der Waals surface area contributed by atoms with Crippen LogP contribution in [-0.4, -0.2) is 70.2 Å². The second-order valence-electron chi connectivity index (χ2n) is 9.33. The van der Waals surface area contributed by atoms with E-state index in [1.807, 2.05) is 10.7 Å². The summed E-state index contributed by atoms with van der Waals surface area (Å²) in [6.45, 7) is 8.64. The lowest BCUT2D eigenvalue weighted by Crippen LogP contribution is -2.57. The molecule has 2 N–H and O–H groups in total. The summed E-state index contributed by atoms with van der Waals surface area (Å²) in [6, 6.07) is 4.08. The van der Waals surface area contributed by atoms with Gasteiger partial charge in [-0.2, -0.15) is 5.10 Å². The zero-order chi connectivity index (χ0) is 22.1. The summed E-state index contributed by atoms with van der Waals surface area (Å²) < 4.78 is 44.1. The third-order valence-corrected chi connectivity index (χ3v) is 6.78. The van der Waals surface area contributed by atoms with Gasteiger partial charge in [0.25, 0.3) is 0 Å². The van der Waals surface area contributed by atoms with Gasteiger partial charge in [-0.25, -0.2) is 4.98 Å². The van der Waals surface area contributed by atoms with Crippen LogP contribution in [0.15, 0.2) is 18.3 Å². The molecule has 168 valence electrons. The number of rotatable bonds is 5. The van der Waals surface area contributed by atoms with Gasteiger partial charge in [-0.05, 0) is 44.9 Å². The highest BCUT2D eigenvalue weighted by molar-refractivity contribution is 5.64. The van der Waals surface area contributed by atoms with E-state index in [1.54, 1.807) is 0 Å². The van der Waals surface area contributed by atoms with Crippen LogP contribution in [0.1, 0.15) is 31.5 Å². The second kappa shape index (κ2) is 7.09. The quantitative estimate of drug-likeness (QED) is 0.777. The monoisotopic (exact) mass is 436 g/mol. The van der Waals surface area contributed by atoms with Crippen LogP contribution in [0.5, 0.6) is 5.75 Å². The standard InChI is InChI=1S/C21H27F3N6O/c1-11(2)30-17(19-14-9-29(10-15(14)19)13-7-28(3)8-13)5-16(27-30)12-4-18(20(25)26-6-12)31-21(22,23)24/h4-6,11,13-15,19H,7-10H2,1-3H3,(H2,25,26). The lowest BCUT2D eigenvalue weighted by atomic mass is 10.1. The maximum Gasteiger partial charge on any atom is 0.573 e. The normalized spacial score (nSPS) is 26.9. The molecule has 2 aromatic rings. The molecule has 1 saturated carbocycles. The van der Waals surface area contributed by atoms with Gasteiger partial charge >= 0.3 is 6.36 Å². The number of hydrogen-bond donors (Lipinski definition) is 1. The Morgan fingerprint density at radius 3 is 2.39 bits per heavy atom. The van der Waals surface area contributed by atoms with E-state index >= 15 is 0 Å². The lowest BCUT2D eigenvalue weighted by molar-refractivity contribution is -0.274. The molecule has 0 bridgehead atoms. The van der Waals surface area contributed by atoms with Crippen molar-refractivity contribution < 1.29 is 17.9 Å². The molecule has 10 heteroatoms. The fourth-order valence-corrected chi connectivity index (χ4v) is 5.21. The van der Waals surface area contributed by atoms with Crippen LogP contribution in [0.3, 0.4) is 0 Å². The number of ether oxygens (including phenoxy) is 1. The van der Waals surface area contributed by atoms with E-state index in [1.165, 1.54) is 12.3 Å². The Kier molecular flexibility index (Phi) is 4.71. The molecule has 7 nitrogen and oxygen atoms in total. The lowest BCUT2D eigenvalue weighted by Gasteiger charge is -2.42. The van der Waals surface area contributed by atoms with E-state index in [4.69, 9.17) is 10.8 Å². The highest BCUT2D eigenvalue weighted by Crippen LogP contribution is 2.59. The number of aromatic nitrogens is 3. The van der Waals surface area contributed by atoms with Gasteiger partial charge in [0.1, 0.15) is 0 Å². The molecule has 2 aliphatic heterocycles. The Balaban J connectivity index is 1.37. The smallest absolute Gasteiger partial charge is 0.402 e. The number of likely N-dealkylation sites (tertiary alicyclic amines) is 2. The number of nitrogens with zero attached hydrogens (tertiary/aromatic N) is 5. The predicted molar refractivity (Wildman–Crippen MR) is 110 cm³/mol. The van der Waals surface area contributed by atoms with Gasteiger partial charge in [0.2, 0.25) is 0 Å². The Morgan fingerprint density at radius 1 is 1.13 bits per heavy atom. The Morgan fingerprint density at radius 2 is 1.81 bits per heavy atom. The van der Waals surface area contributed by atoms with E-state index in [-0.39, 0.29) is 11.9 Å². The first-order chi connectivity index (χ1) is 14.6. The minimum absolute atomic E-state index is 0.147.